The predicted octanol–water partition coefficient (Wildman–Crippen LogP) is 4.10. The summed E-state index contributed by atoms with van der Waals surface area (Å²) in [6.45, 7) is 7.38. The number of hydrogen-bond donors (Lipinski definition) is 1. The fourth-order valence-corrected chi connectivity index (χ4v) is 1.86. The molecule has 1 aromatic carbocycles. The number of nitrogens with one attached hydrogen (secondary N) is 1. The highest BCUT2D eigenvalue weighted by Crippen LogP contribution is 2.24. The van der Waals surface area contributed by atoms with Crippen molar-refractivity contribution in [1.82, 2.24) is 9.55 Å². The summed E-state index contributed by atoms with van der Waals surface area (Å²) in [7, 11) is 0. The maximum absolute atomic E-state index is 13.8. The van der Waals surface area contributed by atoms with Crippen LogP contribution in [0.5, 0.6) is 0 Å². The van der Waals surface area contributed by atoms with Gasteiger partial charge in [-0.15, -0.1) is 0 Å². The Morgan fingerprint density at radius 3 is 2.47 bits per heavy atom. The van der Waals surface area contributed by atoms with Crippen molar-refractivity contribution in [2.75, 3.05) is 5.32 Å². The van der Waals surface area contributed by atoms with E-state index >= 15 is 0 Å². The van der Waals surface area contributed by atoms with Crippen molar-refractivity contribution in [3.05, 3.63) is 41.2 Å². The lowest BCUT2D eigenvalue weighted by atomic mass is 10.2. The molecule has 2 rings (SSSR count). The second kappa shape index (κ2) is 4.99. The molecule has 102 valence electrons. The first-order valence-corrected chi connectivity index (χ1v) is 6.16. The number of benzene rings is 1. The number of halogens is 2. The van der Waals surface area contributed by atoms with Gasteiger partial charge in [-0.05, 0) is 39.3 Å². The molecule has 0 saturated heterocycles. The largest absolute Gasteiger partial charge is 0.323 e. The van der Waals surface area contributed by atoms with Crippen LogP contribution in [-0.2, 0) is 0 Å². The van der Waals surface area contributed by atoms with E-state index in [9.17, 15) is 8.78 Å². The Morgan fingerprint density at radius 1 is 1.16 bits per heavy atom. The Morgan fingerprint density at radius 2 is 1.84 bits per heavy atom. The van der Waals surface area contributed by atoms with E-state index in [0.29, 0.717) is 5.95 Å². The summed E-state index contributed by atoms with van der Waals surface area (Å²) in [4.78, 5) is 4.28. The first-order chi connectivity index (χ1) is 8.88. The average molecular weight is 265 g/mol. The van der Waals surface area contributed by atoms with Crippen LogP contribution in [0.15, 0.2) is 18.3 Å². The van der Waals surface area contributed by atoms with Gasteiger partial charge in [0.15, 0.2) is 0 Å². The second-order valence-corrected chi connectivity index (χ2v) is 4.91. The Hall–Kier alpha value is -1.91. The van der Waals surface area contributed by atoms with Crippen molar-refractivity contribution in [1.29, 1.82) is 0 Å². The fourth-order valence-electron chi connectivity index (χ4n) is 1.86. The van der Waals surface area contributed by atoms with Crippen LogP contribution in [0.1, 0.15) is 31.1 Å². The van der Waals surface area contributed by atoms with E-state index in [4.69, 9.17) is 0 Å². The first kappa shape index (κ1) is 13.5. The molecule has 5 heteroatoms. The van der Waals surface area contributed by atoms with Gasteiger partial charge in [0.05, 0.1) is 11.4 Å². The fraction of sp³-hybridized carbons (Fsp3) is 0.357. The van der Waals surface area contributed by atoms with Gasteiger partial charge in [-0.2, -0.15) is 0 Å². The molecule has 0 spiro atoms. The van der Waals surface area contributed by atoms with Crippen LogP contribution in [0, 0.1) is 25.5 Å². The summed E-state index contributed by atoms with van der Waals surface area (Å²) in [5.74, 6) is -0.423. The number of nitrogens with zero attached hydrogens (tertiary/aromatic N) is 2. The molecule has 3 nitrogen and oxygen atoms in total. The van der Waals surface area contributed by atoms with Crippen molar-refractivity contribution in [3.8, 4) is 0 Å². The molecular weight excluding hydrogens is 248 g/mol. The van der Waals surface area contributed by atoms with Crippen molar-refractivity contribution in [3.63, 3.8) is 0 Å². The number of aromatic nitrogens is 2. The SMILES string of the molecule is Cc1cn(C(C)C)c(Nc2cc(F)c(C)cc2F)n1. The predicted molar refractivity (Wildman–Crippen MR) is 71.7 cm³/mol. The number of anilines is 2. The Balaban J connectivity index is 2.39. The molecular formula is C14H17F2N3. The van der Waals surface area contributed by atoms with Crippen LogP contribution in [0.4, 0.5) is 20.4 Å². The number of imidazole rings is 1. The molecule has 0 radical (unpaired) electrons. The monoisotopic (exact) mass is 265 g/mol. The Bertz CT molecular complexity index is 603. The third-order valence-corrected chi connectivity index (χ3v) is 2.90. The van der Waals surface area contributed by atoms with E-state index in [1.165, 1.54) is 13.0 Å². The molecule has 0 aliphatic carbocycles. The lowest BCUT2D eigenvalue weighted by molar-refractivity contribution is 0.591. The first-order valence-electron chi connectivity index (χ1n) is 6.16. The number of hydrogen-bond acceptors (Lipinski definition) is 2. The highest BCUT2D eigenvalue weighted by Gasteiger charge is 2.12. The van der Waals surface area contributed by atoms with Crippen LogP contribution in [0.3, 0.4) is 0 Å². The zero-order chi connectivity index (χ0) is 14.2. The molecule has 1 N–H and O–H groups in total. The van der Waals surface area contributed by atoms with Crippen molar-refractivity contribution in [2.45, 2.75) is 33.7 Å². The van der Waals surface area contributed by atoms with Gasteiger partial charge in [0, 0.05) is 18.3 Å². The normalized spacial score (nSPS) is 11.1. The van der Waals surface area contributed by atoms with Crippen LogP contribution < -0.4 is 5.32 Å². The smallest absolute Gasteiger partial charge is 0.207 e. The number of rotatable bonds is 3. The topological polar surface area (TPSA) is 29.9 Å². The number of aryl methyl sites for hydroxylation is 2. The maximum Gasteiger partial charge on any atom is 0.207 e. The zero-order valence-electron chi connectivity index (χ0n) is 11.5. The van der Waals surface area contributed by atoms with Crippen molar-refractivity contribution < 1.29 is 8.78 Å². The zero-order valence-corrected chi connectivity index (χ0v) is 11.5. The van der Waals surface area contributed by atoms with E-state index in [0.717, 1.165) is 11.8 Å². The van der Waals surface area contributed by atoms with Gasteiger partial charge in [0.1, 0.15) is 11.6 Å². The van der Waals surface area contributed by atoms with E-state index in [-0.39, 0.29) is 17.3 Å². The molecule has 0 aliphatic heterocycles. The van der Waals surface area contributed by atoms with Crippen LogP contribution in [0.25, 0.3) is 0 Å². The maximum atomic E-state index is 13.8. The highest BCUT2D eigenvalue weighted by atomic mass is 19.1. The van der Waals surface area contributed by atoms with Gasteiger partial charge in [-0.1, -0.05) is 0 Å². The van der Waals surface area contributed by atoms with Crippen molar-refractivity contribution in [2.24, 2.45) is 0 Å². The standard InChI is InChI=1S/C14H17F2N3/c1-8(2)19-7-10(4)17-14(19)18-13-6-11(15)9(3)5-12(13)16/h5-8H,1-4H3,(H,17,18). The summed E-state index contributed by atoms with van der Waals surface area (Å²) >= 11 is 0. The van der Waals surface area contributed by atoms with Gasteiger partial charge in [-0.25, -0.2) is 13.8 Å². The van der Waals surface area contributed by atoms with Gasteiger partial charge >= 0.3 is 0 Å². The molecule has 0 unspecified atom stereocenters. The average Bonchev–Trinajstić information content (AvgIpc) is 2.67. The van der Waals surface area contributed by atoms with Gasteiger partial charge in [0.25, 0.3) is 0 Å². The van der Waals surface area contributed by atoms with Crippen LogP contribution in [-0.4, -0.2) is 9.55 Å². The van der Waals surface area contributed by atoms with Crippen LogP contribution >= 0.6 is 0 Å². The third kappa shape index (κ3) is 2.75. The molecule has 0 bridgehead atoms. The molecule has 0 amide bonds. The molecule has 0 atom stereocenters. The second-order valence-electron chi connectivity index (χ2n) is 4.91. The molecule has 1 heterocycles. The van der Waals surface area contributed by atoms with E-state index < -0.39 is 11.6 Å². The van der Waals surface area contributed by atoms with Crippen molar-refractivity contribution >= 4 is 11.6 Å². The molecule has 0 fully saturated rings. The minimum atomic E-state index is -0.491. The highest BCUT2D eigenvalue weighted by molar-refractivity contribution is 5.56. The van der Waals surface area contributed by atoms with E-state index in [2.05, 4.69) is 10.3 Å². The summed E-state index contributed by atoms with van der Waals surface area (Å²) in [6, 6.07) is 2.51. The summed E-state index contributed by atoms with van der Waals surface area (Å²) in [6.07, 6.45) is 1.87. The Kier molecular flexibility index (Phi) is 3.55. The van der Waals surface area contributed by atoms with Crippen LogP contribution in [0.2, 0.25) is 0 Å². The third-order valence-electron chi connectivity index (χ3n) is 2.90. The van der Waals surface area contributed by atoms with Gasteiger partial charge < -0.3 is 9.88 Å². The molecule has 19 heavy (non-hydrogen) atoms. The van der Waals surface area contributed by atoms with E-state index in [1.54, 1.807) is 0 Å². The minimum Gasteiger partial charge on any atom is -0.323 e. The molecule has 2 aromatic rings. The minimum absolute atomic E-state index is 0.0931. The summed E-state index contributed by atoms with van der Waals surface area (Å²) in [5.41, 5.74) is 1.20. The quantitative estimate of drug-likeness (QED) is 0.905. The van der Waals surface area contributed by atoms with E-state index in [1.807, 2.05) is 31.5 Å². The summed E-state index contributed by atoms with van der Waals surface area (Å²) < 4.78 is 29.2. The molecule has 0 saturated carbocycles. The molecule has 1 aromatic heterocycles. The molecule has 0 aliphatic rings. The summed E-state index contributed by atoms with van der Waals surface area (Å²) in [5, 5.41) is 2.85. The lowest BCUT2D eigenvalue weighted by Gasteiger charge is -2.13. The van der Waals surface area contributed by atoms with Gasteiger partial charge in [0.2, 0.25) is 5.95 Å². The van der Waals surface area contributed by atoms with Gasteiger partial charge in [-0.3, -0.25) is 0 Å². The lowest BCUT2D eigenvalue weighted by Crippen LogP contribution is -2.06. The Labute approximate surface area is 111 Å².